The zero-order chi connectivity index (χ0) is 25.7. The molecule has 1 aliphatic carbocycles. The molecule has 2 aromatic rings. The number of hydrogen-bond acceptors (Lipinski definition) is 5. The van der Waals surface area contributed by atoms with Crippen LogP contribution in [-0.2, 0) is 14.3 Å². The first-order chi connectivity index (χ1) is 17.4. The molecule has 1 unspecified atom stereocenters. The number of nitrogens with one attached hydrogen (secondary N) is 2. The Balaban J connectivity index is 1.34. The third-order valence-corrected chi connectivity index (χ3v) is 7.23. The van der Waals surface area contributed by atoms with Gasteiger partial charge in [-0.3, -0.25) is 9.59 Å². The van der Waals surface area contributed by atoms with E-state index in [2.05, 4.69) is 21.3 Å². The summed E-state index contributed by atoms with van der Waals surface area (Å²) >= 11 is 0. The maximum atomic E-state index is 12.7. The molecule has 2 N–H and O–H groups in total. The van der Waals surface area contributed by atoms with Gasteiger partial charge in [-0.05, 0) is 57.2 Å². The number of carbonyl (C=O) groups is 3. The summed E-state index contributed by atoms with van der Waals surface area (Å²) < 4.78 is 7.40. The summed E-state index contributed by atoms with van der Waals surface area (Å²) in [6.07, 6.45) is 5.53. The Kier molecular flexibility index (Phi) is 7.93. The fourth-order valence-corrected chi connectivity index (χ4v) is 5.21. The van der Waals surface area contributed by atoms with Crippen molar-refractivity contribution in [2.45, 2.75) is 58.4 Å². The summed E-state index contributed by atoms with van der Waals surface area (Å²) in [5.74, 6) is -0.982. The summed E-state index contributed by atoms with van der Waals surface area (Å²) in [4.78, 5) is 39.7. The molecule has 1 atom stereocenters. The first kappa shape index (κ1) is 25.3. The number of carbonyl (C=O) groups excluding carboxylic acids is 3. The van der Waals surface area contributed by atoms with Crippen LogP contribution in [0.1, 0.15) is 61.4 Å². The van der Waals surface area contributed by atoms with E-state index in [1.807, 2.05) is 32.0 Å². The Morgan fingerprint density at radius 3 is 2.47 bits per heavy atom. The van der Waals surface area contributed by atoms with Crippen molar-refractivity contribution in [2.24, 2.45) is 5.92 Å². The lowest BCUT2D eigenvalue weighted by Crippen LogP contribution is -2.45. The van der Waals surface area contributed by atoms with E-state index < -0.39 is 24.4 Å². The van der Waals surface area contributed by atoms with Crippen molar-refractivity contribution in [3.05, 3.63) is 47.2 Å². The number of amides is 3. The van der Waals surface area contributed by atoms with Crippen molar-refractivity contribution in [3.63, 3.8) is 0 Å². The third kappa shape index (κ3) is 5.54. The molecule has 0 bridgehead atoms. The molecule has 1 saturated carbocycles. The molecular formula is C27H33N5O4. The molecule has 3 amide bonds. The van der Waals surface area contributed by atoms with Crippen LogP contribution in [-0.4, -0.2) is 47.1 Å². The highest BCUT2D eigenvalue weighted by Crippen LogP contribution is 2.37. The van der Waals surface area contributed by atoms with Crippen molar-refractivity contribution in [2.75, 3.05) is 30.3 Å². The number of rotatable bonds is 6. The van der Waals surface area contributed by atoms with Crippen molar-refractivity contribution >= 4 is 29.4 Å². The van der Waals surface area contributed by atoms with Crippen LogP contribution in [0.4, 0.5) is 16.3 Å². The standard InChI is InChI=1S/C27H33N5O4/c1-18-19(2)32(22-12-6-7-13-22)25(23(18)15-28)30-24(33)17-36-26(34)20-9-8-14-31(16-20)27(35)29-21-10-4-3-5-11-21/h3-5,10-11,20,22H,6-9,12-14,16-17H2,1-2H3,(H,29,35)(H,30,33). The van der Waals surface area contributed by atoms with Crippen molar-refractivity contribution in [3.8, 4) is 6.07 Å². The largest absolute Gasteiger partial charge is 0.455 e. The highest BCUT2D eigenvalue weighted by molar-refractivity contribution is 5.94. The normalized spacial score (nSPS) is 17.9. The Morgan fingerprint density at radius 1 is 1.06 bits per heavy atom. The number of anilines is 2. The highest BCUT2D eigenvalue weighted by Gasteiger charge is 2.31. The number of urea groups is 1. The number of aromatic nitrogens is 1. The topological polar surface area (TPSA) is 116 Å². The van der Waals surface area contributed by atoms with Crippen LogP contribution in [0.5, 0.6) is 0 Å². The van der Waals surface area contributed by atoms with E-state index in [1.54, 1.807) is 17.0 Å². The summed E-state index contributed by atoms with van der Waals surface area (Å²) in [5, 5.41) is 15.4. The molecule has 1 aromatic heterocycles. The van der Waals surface area contributed by atoms with E-state index in [-0.39, 0.29) is 18.6 Å². The second-order valence-electron chi connectivity index (χ2n) is 9.59. The van der Waals surface area contributed by atoms with Gasteiger partial charge in [0.25, 0.3) is 5.91 Å². The molecule has 2 fully saturated rings. The number of benzene rings is 1. The number of piperidine rings is 1. The second-order valence-corrected chi connectivity index (χ2v) is 9.59. The zero-order valence-corrected chi connectivity index (χ0v) is 20.9. The minimum atomic E-state index is -0.499. The molecule has 1 saturated heterocycles. The van der Waals surface area contributed by atoms with Gasteiger partial charge in [-0.1, -0.05) is 31.0 Å². The molecule has 2 aliphatic rings. The fourth-order valence-electron chi connectivity index (χ4n) is 5.21. The number of ether oxygens (including phenoxy) is 1. The molecule has 2 heterocycles. The quantitative estimate of drug-likeness (QED) is 0.577. The van der Waals surface area contributed by atoms with Gasteiger partial charge in [0.1, 0.15) is 11.9 Å². The zero-order valence-electron chi connectivity index (χ0n) is 20.9. The maximum Gasteiger partial charge on any atom is 0.321 e. The Hall–Kier alpha value is -3.80. The van der Waals surface area contributed by atoms with E-state index in [0.29, 0.717) is 36.5 Å². The van der Waals surface area contributed by atoms with Gasteiger partial charge in [-0.25, -0.2) is 4.79 Å². The molecule has 9 nitrogen and oxygen atoms in total. The lowest BCUT2D eigenvalue weighted by Gasteiger charge is -2.31. The van der Waals surface area contributed by atoms with Crippen molar-refractivity contribution in [1.82, 2.24) is 9.47 Å². The van der Waals surface area contributed by atoms with Gasteiger partial charge in [-0.2, -0.15) is 5.26 Å². The Labute approximate surface area is 211 Å². The van der Waals surface area contributed by atoms with Gasteiger partial charge in [0.05, 0.1) is 11.5 Å². The van der Waals surface area contributed by atoms with Crippen LogP contribution < -0.4 is 10.6 Å². The Morgan fingerprint density at radius 2 is 1.78 bits per heavy atom. The molecule has 1 aromatic carbocycles. The van der Waals surface area contributed by atoms with Gasteiger partial charge < -0.3 is 24.8 Å². The van der Waals surface area contributed by atoms with E-state index in [0.717, 1.165) is 36.9 Å². The fraction of sp³-hybridized carbons (Fsp3) is 0.481. The van der Waals surface area contributed by atoms with Crippen LogP contribution in [0.2, 0.25) is 0 Å². The van der Waals surface area contributed by atoms with Crippen LogP contribution in [0.25, 0.3) is 0 Å². The SMILES string of the molecule is Cc1c(C#N)c(NC(=O)COC(=O)C2CCCN(C(=O)Nc3ccccc3)C2)n(C2CCCC2)c1C. The van der Waals surface area contributed by atoms with Gasteiger partial charge in [0.2, 0.25) is 0 Å². The molecule has 4 rings (SSSR count). The van der Waals surface area contributed by atoms with Crippen LogP contribution in [0.3, 0.4) is 0 Å². The predicted molar refractivity (Wildman–Crippen MR) is 135 cm³/mol. The summed E-state index contributed by atoms with van der Waals surface area (Å²) in [6, 6.07) is 11.3. The lowest BCUT2D eigenvalue weighted by atomic mass is 9.98. The molecule has 190 valence electrons. The number of nitrogens with zero attached hydrogens (tertiary/aromatic N) is 3. The first-order valence-electron chi connectivity index (χ1n) is 12.6. The van der Waals surface area contributed by atoms with E-state index in [4.69, 9.17) is 4.74 Å². The molecular weight excluding hydrogens is 458 g/mol. The monoisotopic (exact) mass is 491 g/mol. The molecule has 1 aliphatic heterocycles. The van der Waals surface area contributed by atoms with Crippen LogP contribution >= 0.6 is 0 Å². The average molecular weight is 492 g/mol. The molecule has 0 spiro atoms. The minimum absolute atomic E-state index is 0.237. The van der Waals surface area contributed by atoms with Crippen LogP contribution in [0.15, 0.2) is 30.3 Å². The van der Waals surface area contributed by atoms with Gasteiger partial charge in [-0.15, -0.1) is 0 Å². The lowest BCUT2D eigenvalue weighted by molar-refractivity contribution is -0.152. The van der Waals surface area contributed by atoms with Gasteiger partial charge in [0.15, 0.2) is 6.61 Å². The molecule has 9 heteroatoms. The van der Waals surface area contributed by atoms with Crippen LogP contribution in [0, 0.1) is 31.1 Å². The Bertz CT molecular complexity index is 1160. The molecule has 36 heavy (non-hydrogen) atoms. The summed E-state index contributed by atoms with van der Waals surface area (Å²) in [5.41, 5.74) is 2.97. The summed E-state index contributed by atoms with van der Waals surface area (Å²) in [6.45, 7) is 4.20. The number of hydrogen-bond donors (Lipinski definition) is 2. The summed E-state index contributed by atoms with van der Waals surface area (Å²) in [7, 11) is 0. The second kappa shape index (κ2) is 11.3. The number of likely N-dealkylation sites (tertiary alicyclic amines) is 1. The van der Waals surface area contributed by atoms with Crippen molar-refractivity contribution < 1.29 is 19.1 Å². The predicted octanol–water partition coefficient (Wildman–Crippen LogP) is 4.52. The van der Waals surface area contributed by atoms with Crippen molar-refractivity contribution in [1.29, 1.82) is 5.26 Å². The average Bonchev–Trinajstić information content (AvgIpc) is 3.49. The number of nitriles is 1. The van der Waals surface area contributed by atoms with Gasteiger partial charge >= 0.3 is 12.0 Å². The smallest absolute Gasteiger partial charge is 0.321 e. The van der Waals surface area contributed by atoms with Gasteiger partial charge in [0, 0.05) is 30.5 Å². The minimum Gasteiger partial charge on any atom is -0.455 e. The number of esters is 1. The van der Waals surface area contributed by atoms with E-state index in [9.17, 15) is 19.6 Å². The number of para-hydroxylation sites is 1. The van der Waals surface area contributed by atoms with E-state index in [1.165, 1.54) is 0 Å². The maximum absolute atomic E-state index is 12.7. The van der Waals surface area contributed by atoms with E-state index >= 15 is 0 Å². The molecule has 0 radical (unpaired) electrons. The first-order valence-corrected chi connectivity index (χ1v) is 12.6. The highest BCUT2D eigenvalue weighted by atomic mass is 16.5. The third-order valence-electron chi connectivity index (χ3n) is 7.23.